The highest BCUT2D eigenvalue weighted by Crippen LogP contribution is 2.17. The number of aliphatic hydroxyl groups excluding tert-OH is 2. The lowest BCUT2D eigenvalue weighted by molar-refractivity contribution is -0.143. The van der Waals surface area contributed by atoms with Crippen LogP contribution in [0, 0.1) is 0 Å². The molecule has 0 saturated carbocycles. The van der Waals surface area contributed by atoms with E-state index in [1.165, 1.54) is 231 Å². The van der Waals surface area contributed by atoms with Gasteiger partial charge in [0.15, 0.2) is 0 Å². The van der Waals surface area contributed by atoms with Crippen molar-refractivity contribution < 1.29 is 24.5 Å². The van der Waals surface area contributed by atoms with Crippen LogP contribution >= 0.6 is 0 Å². The Labute approximate surface area is 448 Å². The second-order valence-corrected chi connectivity index (χ2v) is 21.7. The van der Waals surface area contributed by atoms with E-state index in [2.05, 4.69) is 55.6 Å². The van der Waals surface area contributed by atoms with Crippen molar-refractivity contribution in [1.29, 1.82) is 0 Å². The van der Waals surface area contributed by atoms with E-state index in [1.54, 1.807) is 6.08 Å². The van der Waals surface area contributed by atoms with Crippen molar-refractivity contribution in [3.63, 3.8) is 0 Å². The molecule has 72 heavy (non-hydrogen) atoms. The van der Waals surface area contributed by atoms with E-state index >= 15 is 0 Å². The van der Waals surface area contributed by atoms with Crippen molar-refractivity contribution in [2.75, 3.05) is 13.2 Å². The predicted octanol–water partition coefficient (Wildman–Crippen LogP) is 20.1. The SMILES string of the molecule is CCCCC/C=C\C/C=C\CCCCCCCCCCCC(=O)OCCCCCCCC/C=C\CCCCCC(=O)NC(CO)C(O)/C=C/CCCCCCCCCCCCCCCCCCCCCCC. The van der Waals surface area contributed by atoms with Gasteiger partial charge in [-0.05, 0) is 89.9 Å². The fourth-order valence-electron chi connectivity index (χ4n) is 9.66. The van der Waals surface area contributed by atoms with Crippen LogP contribution in [0.4, 0.5) is 0 Å². The minimum absolute atomic E-state index is 0.0175. The molecule has 0 bridgehead atoms. The topological polar surface area (TPSA) is 95.9 Å². The van der Waals surface area contributed by atoms with Gasteiger partial charge in [-0.15, -0.1) is 0 Å². The highest BCUT2D eigenvalue weighted by molar-refractivity contribution is 5.76. The van der Waals surface area contributed by atoms with Crippen LogP contribution in [-0.2, 0) is 14.3 Å². The maximum Gasteiger partial charge on any atom is 0.305 e. The van der Waals surface area contributed by atoms with E-state index in [1.807, 2.05) is 6.08 Å². The third-order valence-electron chi connectivity index (χ3n) is 14.6. The summed E-state index contributed by atoms with van der Waals surface area (Å²) < 4.78 is 5.48. The third-order valence-corrected chi connectivity index (χ3v) is 14.6. The Morgan fingerprint density at radius 1 is 0.389 bits per heavy atom. The lowest BCUT2D eigenvalue weighted by atomic mass is 10.0. The molecule has 0 aliphatic rings. The standard InChI is InChI=1S/C66H123NO5/c1-3-5-7-9-11-13-15-17-19-21-23-24-25-26-28-29-31-34-38-42-46-50-54-58-64(69)63(62-68)67-65(70)59-55-51-47-43-39-35-33-37-41-45-49-53-57-61-72-66(71)60-56-52-48-44-40-36-32-30-27-22-20-18-16-14-12-10-8-6-4-2/h12,14,18,20,35,39,54,58,63-64,68-69H,3-11,13,15-17,19,21-34,36-38,40-53,55-57,59-62H2,1-2H3,(H,67,70)/b14-12-,20-18-,39-35-,58-54+. The number of nitrogens with one attached hydrogen (secondary N) is 1. The van der Waals surface area contributed by atoms with E-state index in [0.717, 1.165) is 77.0 Å². The normalized spacial score (nSPS) is 12.9. The summed E-state index contributed by atoms with van der Waals surface area (Å²) in [6.45, 7) is 4.85. The molecule has 0 aliphatic carbocycles. The Kier molecular flexibility index (Phi) is 59.5. The van der Waals surface area contributed by atoms with Crippen LogP contribution in [0.1, 0.15) is 335 Å². The maximum absolute atomic E-state index is 12.5. The van der Waals surface area contributed by atoms with E-state index in [-0.39, 0.29) is 18.5 Å². The van der Waals surface area contributed by atoms with Gasteiger partial charge in [0.2, 0.25) is 5.91 Å². The van der Waals surface area contributed by atoms with Crippen molar-refractivity contribution in [1.82, 2.24) is 5.32 Å². The molecule has 422 valence electrons. The average molecular weight is 1010 g/mol. The molecule has 6 nitrogen and oxygen atoms in total. The second kappa shape index (κ2) is 61.4. The van der Waals surface area contributed by atoms with Crippen LogP contribution in [0.5, 0.6) is 0 Å². The number of hydrogen-bond acceptors (Lipinski definition) is 5. The summed E-state index contributed by atoms with van der Waals surface area (Å²) in [4.78, 5) is 24.6. The summed E-state index contributed by atoms with van der Waals surface area (Å²) in [5, 5.41) is 23.2. The molecule has 3 N–H and O–H groups in total. The van der Waals surface area contributed by atoms with Gasteiger partial charge >= 0.3 is 5.97 Å². The minimum Gasteiger partial charge on any atom is -0.466 e. The number of carbonyl (C=O) groups excluding carboxylic acids is 2. The number of amides is 1. The Morgan fingerprint density at radius 2 is 0.694 bits per heavy atom. The first kappa shape index (κ1) is 69.8. The lowest BCUT2D eigenvalue weighted by Gasteiger charge is -2.19. The van der Waals surface area contributed by atoms with E-state index < -0.39 is 12.1 Å². The molecular formula is C66H123NO5. The van der Waals surface area contributed by atoms with Gasteiger partial charge in [0.05, 0.1) is 25.4 Å². The first-order valence-electron chi connectivity index (χ1n) is 31.9. The number of unbranched alkanes of at least 4 members (excludes halogenated alkanes) is 42. The zero-order valence-corrected chi connectivity index (χ0v) is 48.2. The summed E-state index contributed by atoms with van der Waals surface area (Å²) in [6, 6.07) is -0.651. The van der Waals surface area contributed by atoms with Crippen LogP contribution in [0.15, 0.2) is 48.6 Å². The third kappa shape index (κ3) is 57.1. The molecule has 0 heterocycles. The van der Waals surface area contributed by atoms with Gasteiger partial charge in [-0.1, -0.05) is 281 Å². The molecule has 0 spiro atoms. The van der Waals surface area contributed by atoms with Crippen molar-refractivity contribution >= 4 is 11.9 Å². The van der Waals surface area contributed by atoms with Gasteiger partial charge in [0.25, 0.3) is 0 Å². The molecule has 0 aromatic carbocycles. The molecule has 2 unspecified atom stereocenters. The number of carbonyl (C=O) groups is 2. The van der Waals surface area contributed by atoms with E-state index in [4.69, 9.17) is 4.74 Å². The monoisotopic (exact) mass is 1010 g/mol. The Morgan fingerprint density at radius 3 is 1.11 bits per heavy atom. The Hall–Kier alpha value is -2.18. The zero-order valence-electron chi connectivity index (χ0n) is 48.2. The van der Waals surface area contributed by atoms with Crippen molar-refractivity contribution in [2.24, 2.45) is 0 Å². The van der Waals surface area contributed by atoms with Crippen LogP contribution in [0.3, 0.4) is 0 Å². The van der Waals surface area contributed by atoms with Gasteiger partial charge < -0.3 is 20.3 Å². The number of ether oxygens (including phenoxy) is 1. The smallest absolute Gasteiger partial charge is 0.305 e. The molecule has 0 fully saturated rings. The Balaban J connectivity index is 3.51. The zero-order chi connectivity index (χ0) is 52.2. The number of hydrogen-bond donors (Lipinski definition) is 3. The molecule has 2 atom stereocenters. The van der Waals surface area contributed by atoms with Crippen LogP contribution < -0.4 is 5.32 Å². The minimum atomic E-state index is -0.864. The van der Waals surface area contributed by atoms with Crippen LogP contribution in [-0.4, -0.2) is 47.4 Å². The number of aliphatic hydroxyl groups is 2. The average Bonchev–Trinajstić information content (AvgIpc) is 3.38. The quantitative estimate of drug-likeness (QED) is 0.0320. The van der Waals surface area contributed by atoms with E-state index in [9.17, 15) is 19.8 Å². The largest absolute Gasteiger partial charge is 0.466 e. The van der Waals surface area contributed by atoms with E-state index in [0.29, 0.717) is 19.4 Å². The highest BCUT2D eigenvalue weighted by atomic mass is 16.5. The summed E-state index contributed by atoms with van der Waals surface area (Å²) >= 11 is 0. The van der Waals surface area contributed by atoms with Gasteiger partial charge in [-0.3, -0.25) is 9.59 Å². The number of allylic oxidation sites excluding steroid dienone is 7. The molecular weight excluding hydrogens is 887 g/mol. The summed E-state index contributed by atoms with van der Waals surface area (Å²) in [7, 11) is 0. The summed E-state index contributed by atoms with van der Waals surface area (Å²) in [5.41, 5.74) is 0. The first-order valence-corrected chi connectivity index (χ1v) is 31.9. The van der Waals surface area contributed by atoms with Gasteiger partial charge in [-0.25, -0.2) is 0 Å². The summed E-state index contributed by atoms with van der Waals surface area (Å²) in [5.74, 6) is -0.113. The van der Waals surface area contributed by atoms with Crippen LogP contribution in [0.25, 0.3) is 0 Å². The fraction of sp³-hybridized carbons (Fsp3) is 0.848. The van der Waals surface area contributed by atoms with Gasteiger partial charge in [0.1, 0.15) is 0 Å². The molecule has 6 heteroatoms. The molecule has 0 aromatic heterocycles. The van der Waals surface area contributed by atoms with Gasteiger partial charge in [0, 0.05) is 12.8 Å². The highest BCUT2D eigenvalue weighted by Gasteiger charge is 2.18. The molecule has 0 radical (unpaired) electrons. The molecule has 0 saturated heterocycles. The Bertz CT molecular complexity index is 1210. The maximum atomic E-state index is 12.5. The first-order chi connectivity index (χ1) is 35.5. The van der Waals surface area contributed by atoms with Crippen LogP contribution in [0.2, 0.25) is 0 Å². The van der Waals surface area contributed by atoms with Crippen molar-refractivity contribution in [2.45, 2.75) is 347 Å². The second-order valence-electron chi connectivity index (χ2n) is 21.7. The fourth-order valence-corrected chi connectivity index (χ4v) is 9.66. The number of rotatable bonds is 59. The van der Waals surface area contributed by atoms with Gasteiger partial charge in [-0.2, -0.15) is 0 Å². The molecule has 1 amide bonds. The molecule has 0 aliphatic heterocycles. The van der Waals surface area contributed by atoms with Crippen molar-refractivity contribution in [3.05, 3.63) is 48.6 Å². The molecule has 0 rings (SSSR count). The van der Waals surface area contributed by atoms with Crippen molar-refractivity contribution in [3.8, 4) is 0 Å². The lowest BCUT2D eigenvalue weighted by Crippen LogP contribution is -2.45. The number of esters is 1. The summed E-state index contributed by atoms with van der Waals surface area (Å²) in [6.07, 6.45) is 78.6. The predicted molar refractivity (Wildman–Crippen MR) is 315 cm³/mol. The molecule has 0 aromatic rings.